The molecule has 0 bridgehead atoms. The van der Waals surface area contributed by atoms with Crippen LogP contribution in [0.5, 0.6) is 5.75 Å². The first kappa shape index (κ1) is 27.4. The van der Waals surface area contributed by atoms with Gasteiger partial charge in [-0.05, 0) is 62.4 Å². The molecule has 0 unspecified atom stereocenters. The van der Waals surface area contributed by atoms with Gasteiger partial charge in [0.1, 0.15) is 12.3 Å². The van der Waals surface area contributed by atoms with E-state index in [0.717, 1.165) is 17.7 Å². The molecule has 39 heavy (non-hydrogen) atoms. The van der Waals surface area contributed by atoms with Gasteiger partial charge >= 0.3 is 6.18 Å². The van der Waals surface area contributed by atoms with Crippen LogP contribution in [-0.4, -0.2) is 46.0 Å². The monoisotopic (exact) mass is 536 g/mol. The van der Waals surface area contributed by atoms with Gasteiger partial charge in [-0.1, -0.05) is 30.3 Å². The van der Waals surface area contributed by atoms with E-state index in [4.69, 9.17) is 4.74 Å². The van der Waals surface area contributed by atoms with E-state index in [1.165, 1.54) is 28.7 Å². The Kier molecular flexibility index (Phi) is 8.04. The molecule has 0 saturated carbocycles. The van der Waals surface area contributed by atoms with Crippen LogP contribution in [0.2, 0.25) is 0 Å². The summed E-state index contributed by atoms with van der Waals surface area (Å²) in [7, 11) is 1.53. The normalized spacial score (nSPS) is 11.4. The van der Waals surface area contributed by atoms with E-state index in [2.05, 4.69) is 10.3 Å². The fourth-order valence-electron chi connectivity index (χ4n) is 3.93. The van der Waals surface area contributed by atoms with Gasteiger partial charge < -0.3 is 9.64 Å². The zero-order chi connectivity index (χ0) is 28.2. The fraction of sp³-hybridized carbons (Fsp3) is 0.207. The fourth-order valence-corrected chi connectivity index (χ4v) is 3.93. The number of alkyl halides is 3. The Morgan fingerprint density at radius 1 is 0.974 bits per heavy atom. The molecule has 4 rings (SSSR count). The van der Waals surface area contributed by atoms with Crippen LogP contribution in [0, 0.1) is 0 Å². The second-order valence-corrected chi connectivity index (χ2v) is 9.03. The van der Waals surface area contributed by atoms with Crippen molar-refractivity contribution in [1.82, 2.24) is 14.5 Å². The van der Waals surface area contributed by atoms with Crippen LogP contribution in [0.3, 0.4) is 0 Å². The zero-order valence-corrected chi connectivity index (χ0v) is 21.6. The minimum Gasteiger partial charge on any atom is -0.497 e. The molecule has 0 radical (unpaired) electrons. The topological polar surface area (TPSA) is 76.5 Å². The standard InChI is InChI=1S/C29H27F3N4O3/c1-19(2)35(27(38)21-9-15-24(39-3)16-10-21)18-26(37)34-28-33-25(20-7-5-4-6-8-20)17-36(28)23-13-11-22(12-14-23)29(30,31)32/h4-17,19H,18H2,1-3H3,(H,33,34,37). The number of benzene rings is 3. The Hall–Kier alpha value is -4.60. The number of halogens is 3. The van der Waals surface area contributed by atoms with Crippen LogP contribution in [-0.2, 0) is 11.0 Å². The smallest absolute Gasteiger partial charge is 0.416 e. The molecule has 4 aromatic rings. The van der Waals surface area contributed by atoms with Crippen molar-refractivity contribution in [2.75, 3.05) is 19.0 Å². The van der Waals surface area contributed by atoms with E-state index >= 15 is 0 Å². The minimum atomic E-state index is -4.48. The van der Waals surface area contributed by atoms with Gasteiger partial charge in [-0.15, -0.1) is 0 Å². The molecular formula is C29H27F3N4O3. The highest BCUT2D eigenvalue weighted by Gasteiger charge is 2.30. The van der Waals surface area contributed by atoms with E-state index in [1.807, 2.05) is 30.3 Å². The largest absolute Gasteiger partial charge is 0.497 e. The average molecular weight is 537 g/mol. The molecule has 1 heterocycles. The minimum absolute atomic E-state index is 0.110. The third-order valence-corrected chi connectivity index (χ3v) is 6.03. The molecular weight excluding hydrogens is 509 g/mol. The molecule has 0 aliphatic rings. The molecule has 0 saturated heterocycles. The lowest BCUT2D eigenvalue weighted by Crippen LogP contribution is -2.42. The molecule has 0 aliphatic carbocycles. The molecule has 202 valence electrons. The van der Waals surface area contributed by atoms with Crippen molar-refractivity contribution in [3.05, 3.63) is 96.2 Å². The van der Waals surface area contributed by atoms with E-state index < -0.39 is 17.6 Å². The van der Waals surface area contributed by atoms with Gasteiger partial charge in [0.15, 0.2) is 0 Å². The van der Waals surface area contributed by atoms with Gasteiger partial charge in [-0.25, -0.2) is 4.98 Å². The Balaban J connectivity index is 1.61. The van der Waals surface area contributed by atoms with Crippen LogP contribution in [0.15, 0.2) is 85.1 Å². The second-order valence-electron chi connectivity index (χ2n) is 9.03. The summed E-state index contributed by atoms with van der Waals surface area (Å²) in [4.78, 5) is 32.3. The number of carbonyl (C=O) groups excluding carboxylic acids is 2. The number of carbonyl (C=O) groups is 2. The number of aromatic nitrogens is 2. The van der Waals surface area contributed by atoms with Crippen LogP contribution >= 0.6 is 0 Å². The number of amides is 2. The molecule has 1 N–H and O–H groups in total. The molecule has 0 atom stereocenters. The highest BCUT2D eigenvalue weighted by atomic mass is 19.4. The maximum atomic E-state index is 13.2. The summed E-state index contributed by atoms with van der Waals surface area (Å²) in [5.41, 5.74) is 1.26. The Labute approximate surface area is 223 Å². The van der Waals surface area contributed by atoms with E-state index in [0.29, 0.717) is 22.7 Å². The van der Waals surface area contributed by atoms with Crippen molar-refractivity contribution in [2.45, 2.75) is 26.1 Å². The predicted octanol–water partition coefficient (Wildman–Crippen LogP) is 6.06. The number of hydrogen-bond acceptors (Lipinski definition) is 4. The Morgan fingerprint density at radius 2 is 1.62 bits per heavy atom. The summed E-state index contributed by atoms with van der Waals surface area (Å²) in [6, 6.07) is 20.0. The van der Waals surface area contributed by atoms with E-state index in [-0.39, 0.29) is 24.4 Å². The van der Waals surface area contributed by atoms with Crippen molar-refractivity contribution >= 4 is 17.8 Å². The summed E-state index contributed by atoms with van der Waals surface area (Å²) < 4.78 is 45.9. The van der Waals surface area contributed by atoms with Crippen molar-refractivity contribution in [3.63, 3.8) is 0 Å². The summed E-state index contributed by atoms with van der Waals surface area (Å²) >= 11 is 0. The highest BCUT2D eigenvalue weighted by Crippen LogP contribution is 2.31. The van der Waals surface area contributed by atoms with E-state index in [9.17, 15) is 22.8 Å². The average Bonchev–Trinajstić information content (AvgIpc) is 3.35. The molecule has 7 nitrogen and oxygen atoms in total. The summed E-state index contributed by atoms with van der Waals surface area (Å²) in [6.45, 7) is 3.33. The van der Waals surface area contributed by atoms with Gasteiger partial charge in [0.05, 0.1) is 18.4 Å². The zero-order valence-electron chi connectivity index (χ0n) is 21.6. The first-order chi connectivity index (χ1) is 18.6. The molecule has 2 amide bonds. The molecule has 0 spiro atoms. The number of rotatable bonds is 8. The van der Waals surface area contributed by atoms with Crippen molar-refractivity contribution < 1.29 is 27.5 Å². The maximum absolute atomic E-state index is 13.2. The van der Waals surface area contributed by atoms with Crippen molar-refractivity contribution in [2.24, 2.45) is 0 Å². The molecule has 0 fully saturated rings. The third kappa shape index (κ3) is 6.46. The van der Waals surface area contributed by atoms with Gasteiger partial charge in [-0.2, -0.15) is 13.2 Å². The number of nitrogens with one attached hydrogen (secondary N) is 1. The van der Waals surface area contributed by atoms with Gasteiger partial charge in [-0.3, -0.25) is 19.5 Å². The summed E-state index contributed by atoms with van der Waals surface area (Å²) in [6.07, 6.45) is -2.84. The van der Waals surface area contributed by atoms with Crippen LogP contribution in [0.1, 0.15) is 29.8 Å². The van der Waals surface area contributed by atoms with Crippen molar-refractivity contribution in [1.29, 1.82) is 0 Å². The molecule has 0 aliphatic heterocycles. The number of methoxy groups -OCH3 is 1. The second kappa shape index (κ2) is 11.4. The lowest BCUT2D eigenvalue weighted by molar-refractivity contribution is -0.137. The van der Waals surface area contributed by atoms with Crippen molar-refractivity contribution in [3.8, 4) is 22.7 Å². The number of ether oxygens (including phenoxy) is 1. The predicted molar refractivity (Wildman–Crippen MR) is 142 cm³/mol. The highest BCUT2D eigenvalue weighted by molar-refractivity contribution is 5.99. The lowest BCUT2D eigenvalue weighted by Gasteiger charge is -2.26. The van der Waals surface area contributed by atoms with Crippen LogP contribution in [0.25, 0.3) is 16.9 Å². The van der Waals surface area contributed by atoms with Gasteiger partial charge in [0.2, 0.25) is 11.9 Å². The first-order valence-electron chi connectivity index (χ1n) is 12.1. The number of anilines is 1. The first-order valence-corrected chi connectivity index (χ1v) is 12.1. The molecule has 3 aromatic carbocycles. The summed E-state index contributed by atoms with van der Waals surface area (Å²) in [5.74, 6) is -0.133. The lowest BCUT2D eigenvalue weighted by atomic mass is 10.1. The number of imidazole rings is 1. The van der Waals surface area contributed by atoms with Crippen LogP contribution in [0.4, 0.5) is 19.1 Å². The SMILES string of the molecule is COc1ccc(C(=O)N(CC(=O)Nc2nc(-c3ccccc3)cn2-c2ccc(C(F)(F)F)cc2)C(C)C)cc1. The number of nitrogens with zero attached hydrogens (tertiary/aromatic N) is 3. The number of hydrogen-bond donors (Lipinski definition) is 1. The summed E-state index contributed by atoms with van der Waals surface area (Å²) in [5, 5.41) is 2.73. The van der Waals surface area contributed by atoms with E-state index in [1.54, 1.807) is 44.3 Å². The molecule has 10 heteroatoms. The van der Waals surface area contributed by atoms with Crippen LogP contribution < -0.4 is 10.1 Å². The quantitative estimate of drug-likeness (QED) is 0.297. The third-order valence-electron chi connectivity index (χ3n) is 6.03. The van der Waals surface area contributed by atoms with Gasteiger partial charge in [0.25, 0.3) is 5.91 Å². The molecule has 1 aromatic heterocycles. The Morgan fingerprint density at radius 3 is 2.18 bits per heavy atom. The van der Waals surface area contributed by atoms with Gasteiger partial charge in [0, 0.05) is 29.1 Å². The Bertz CT molecular complexity index is 1430. The maximum Gasteiger partial charge on any atom is 0.416 e.